The molecule has 1 aromatic rings. The van der Waals surface area contributed by atoms with E-state index in [0.717, 1.165) is 36.3 Å². The van der Waals surface area contributed by atoms with Gasteiger partial charge in [-0.2, -0.15) is 0 Å². The van der Waals surface area contributed by atoms with E-state index in [4.69, 9.17) is 9.47 Å². The molecule has 1 fully saturated rings. The van der Waals surface area contributed by atoms with Gasteiger partial charge in [0.05, 0.1) is 18.8 Å². The lowest BCUT2D eigenvalue weighted by Crippen LogP contribution is -2.11. The lowest BCUT2D eigenvalue weighted by atomic mass is 10.1. The molecule has 1 saturated heterocycles. The van der Waals surface area contributed by atoms with Crippen molar-refractivity contribution in [1.82, 2.24) is 0 Å². The summed E-state index contributed by atoms with van der Waals surface area (Å²) < 4.78 is 11.3. The third-order valence-electron chi connectivity index (χ3n) is 3.40. The van der Waals surface area contributed by atoms with Gasteiger partial charge in [-0.05, 0) is 49.9 Å². The highest BCUT2D eigenvalue weighted by Crippen LogP contribution is 2.23. The van der Waals surface area contributed by atoms with E-state index in [1.54, 1.807) is 6.92 Å². The molecule has 2 rings (SSSR count). The molecular weight excluding hydrogens is 228 g/mol. The van der Waals surface area contributed by atoms with E-state index in [1.165, 1.54) is 6.42 Å². The van der Waals surface area contributed by atoms with Crippen molar-refractivity contribution in [1.29, 1.82) is 0 Å². The minimum atomic E-state index is -0.426. The molecule has 1 aliphatic heterocycles. The Morgan fingerprint density at radius 3 is 2.94 bits per heavy atom. The third-order valence-corrected chi connectivity index (χ3v) is 3.40. The van der Waals surface area contributed by atoms with Crippen LogP contribution in [0.25, 0.3) is 0 Å². The van der Waals surface area contributed by atoms with Gasteiger partial charge in [-0.25, -0.2) is 0 Å². The topological polar surface area (TPSA) is 38.7 Å². The van der Waals surface area contributed by atoms with Gasteiger partial charge in [0.1, 0.15) is 5.75 Å². The Morgan fingerprint density at radius 1 is 1.50 bits per heavy atom. The van der Waals surface area contributed by atoms with Crippen LogP contribution in [0.5, 0.6) is 5.75 Å². The van der Waals surface area contributed by atoms with Crippen LogP contribution in [0.2, 0.25) is 0 Å². The average Bonchev–Trinajstić information content (AvgIpc) is 2.84. The first-order chi connectivity index (χ1) is 8.66. The van der Waals surface area contributed by atoms with Gasteiger partial charge in [0.2, 0.25) is 0 Å². The van der Waals surface area contributed by atoms with Crippen molar-refractivity contribution in [3.05, 3.63) is 29.3 Å². The lowest BCUT2D eigenvalue weighted by Gasteiger charge is -2.13. The zero-order chi connectivity index (χ0) is 13.0. The molecule has 1 unspecified atom stereocenters. The van der Waals surface area contributed by atoms with Gasteiger partial charge in [-0.15, -0.1) is 0 Å². The van der Waals surface area contributed by atoms with Gasteiger partial charge >= 0.3 is 0 Å². The van der Waals surface area contributed by atoms with Crippen LogP contribution in [0.4, 0.5) is 0 Å². The number of hydrogen-bond donors (Lipinski definition) is 1. The maximum absolute atomic E-state index is 9.50. The Balaban J connectivity index is 1.85. The second-order valence-electron chi connectivity index (χ2n) is 4.97. The van der Waals surface area contributed by atoms with Gasteiger partial charge < -0.3 is 14.6 Å². The van der Waals surface area contributed by atoms with E-state index >= 15 is 0 Å². The predicted octanol–water partition coefficient (Wildman–Crippen LogP) is 3.00. The Kier molecular flexibility index (Phi) is 4.61. The van der Waals surface area contributed by atoms with Crippen molar-refractivity contribution >= 4 is 0 Å². The predicted molar refractivity (Wildman–Crippen MR) is 70.9 cm³/mol. The summed E-state index contributed by atoms with van der Waals surface area (Å²) >= 11 is 0. The first kappa shape index (κ1) is 13.4. The largest absolute Gasteiger partial charge is 0.493 e. The maximum atomic E-state index is 9.50. The molecule has 3 heteroatoms. The number of benzene rings is 1. The highest BCUT2D eigenvalue weighted by atomic mass is 16.5. The molecule has 100 valence electrons. The summed E-state index contributed by atoms with van der Waals surface area (Å²) in [4.78, 5) is 0. The second kappa shape index (κ2) is 6.21. The fraction of sp³-hybridized carbons (Fsp3) is 0.600. The minimum absolute atomic E-state index is 0.377. The van der Waals surface area contributed by atoms with E-state index in [9.17, 15) is 5.11 Å². The summed E-state index contributed by atoms with van der Waals surface area (Å²) in [5.41, 5.74) is 2.00. The average molecular weight is 250 g/mol. The molecule has 2 atom stereocenters. The summed E-state index contributed by atoms with van der Waals surface area (Å²) in [7, 11) is 0. The Hall–Kier alpha value is -1.06. The summed E-state index contributed by atoms with van der Waals surface area (Å²) in [5, 5.41) is 9.50. The van der Waals surface area contributed by atoms with Gasteiger partial charge in [0, 0.05) is 13.0 Å². The molecule has 0 amide bonds. The second-order valence-corrected chi connectivity index (χ2v) is 4.97. The van der Waals surface area contributed by atoms with Crippen molar-refractivity contribution in [3.8, 4) is 5.75 Å². The smallest absolute Gasteiger partial charge is 0.122 e. The van der Waals surface area contributed by atoms with Gasteiger partial charge in [-0.3, -0.25) is 0 Å². The van der Waals surface area contributed by atoms with E-state index in [0.29, 0.717) is 12.7 Å². The van der Waals surface area contributed by atoms with Gasteiger partial charge in [0.25, 0.3) is 0 Å². The molecule has 0 spiro atoms. The molecule has 3 nitrogen and oxygen atoms in total. The van der Waals surface area contributed by atoms with Crippen LogP contribution in [0.15, 0.2) is 18.2 Å². The standard InChI is InChI=1S/C15H22O3/c1-11-10-13(12(2)16)5-6-15(11)18-9-7-14-4-3-8-17-14/h5-6,10,12,14,16H,3-4,7-9H2,1-2H3/t12-,14?/m1/s1. The van der Waals surface area contributed by atoms with Gasteiger partial charge in [-0.1, -0.05) is 6.07 Å². The van der Waals surface area contributed by atoms with Crippen LogP contribution in [-0.2, 0) is 4.74 Å². The van der Waals surface area contributed by atoms with Crippen LogP contribution in [-0.4, -0.2) is 24.4 Å². The first-order valence-electron chi connectivity index (χ1n) is 6.70. The Labute approximate surface area is 109 Å². The normalized spacial score (nSPS) is 20.9. The molecule has 0 bridgehead atoms. The van der Waals surface area contributed by atoms with Crippen molar-refractivity contribution in [2.45, 2.75) is 45.3 Å². The van der Waals surface area contributed by atoms with Crippen molar-refractivity contribution in [2.24, 2.45) is 0 Å². The number of hydrogen-bond acceptors (Lipinski definition) is 3. The summed E-state index contributed by atoms with van der Waals surface area (Å²) in [6, 6.07) is 5.83. The molecule has 0 aliphatic carbocycles. The van der Waals surface area contributed by atoms with Crippen LogP contribution < -0.4 is 4.74 Å². The molecule has 1 aromatic carbocycles. The molecule has 18 heavy (non-hydrogen) atoms. The van der Waals surface area contributed by atoms with E-state index in [1.807, 2.05) is 25.1 Å². The Morgan fingerprint density at radius 2 is 2.33 bits per heavy atom. The van der Waals surface area contributed by atoms with Crippen LogP contribution in [0, 0.1) is 6.92 Å². The zero-order valence-corrected chi connectivity index (χ0v) is 11.2. The third kappa shape index (κ3) is 3.47. The van der Waals surface area contributed by atoms with Crippen molar-refractivity contribution < 1.29 is 14.6 Å². The lowest BCUT2D eigenvalue weighted by molar-refractivity contribution is 0.0902. The molecule has 1 heterocycles. The molecule has 1 N–H and O–H groups in total. The van der Waals surface area contributed by atoms with E-state index in [-0.39, 0.29) is 0 Å². The molecule has 0 aromatic heterocycles. The zero-order valence-electron chi connectivity index (χ0n) is 11.2. The maximum Gasteiger partial charge on any atom is 0.122 e. The number of ether oxygens (including phenoxy) is 2. The monoisotopic (exact) mass is 250 g/mol. The summed E-state index contributed by atoms with van der Waals surface area (Å²) in [6.07, 6.45) is 3.24. The molecule has 1 aliphatic rings. The minimum Gasteiger partial charge on any atom is -0.493 e. The number of aliphatic hydroxyl groups excluding tert-OH is 1. The fourth-order valence-corrected chi connectivity index (χ4v) is 2.27. The SMILES string of the molecule is Cc1cc([C@@H](C)O)ccc1OCCC1CCCO1. The first-order valence-corrected chi connectivity index (χ1v) is 6.70. The summed E-state index contributed by atoms with van der Waals surface area (Å²) in [5.74, 6) is 0.900. The molecule has 0 saturated carbocycles. The molecule has 0 radical (unpaired) electrons. The molecular formula is C15H22O3. The Bertz CT molecular complexity index is 381. The number of rotatable bonds is 5. The number of aryl methyl sites for hydroxylation is 1. The van der Waals surface area contributed by atoms with Crippen LogP contribution >= 0.6 is 0 Å². The van der Waals surface area contributed by atoms with Crippen molar-refractivity contribution in [2.75, 3.05) is 13.2 Å². The van der Waals surface area contributed by atoms with Crippen LogP contribution in [0.1, 0.15) is 43.4 Å². The van der Waals surface area contributed by atoms with Gasteiger partial charge in [0.15, 0.2) is 0 Å². The van der Waals surface area contributed by atoms with Crippen LogP contribution in [0.3, 0.4) is 0 Å². The fourth-order valence-electron chi connectivity index (χ4n) is 2.27. The quantitative estimate of drug-likeness (QED) is 0.873. The highest BCUT2D eigenvalue weighted by Gasteiger charge is 2.15. The number of aliphatic hydroxyl groups is 1. The van der Waals surface area contributed by atoms with Crippen molar-refractivity contribution in [3.63, 3.8) is 0 Å². The highest BCUT2D eigenvalue weighted by molar-refractivity contribution is 5.36. The van der Waals surface area contributed by atoms with E-state index < -0.39 is 6.10 Å². The van der Waals surface area contributed by atoms with E-state index in [2.05, 4.69) is 0 Å². The summed E-state index contributed by atoms with van der Waals surface area (Å²) in [6.45, 7) is 5.37.